The summed E-state index contributed by atoms with van der Waals surface area (Å²) in [7, 11) is 0. The molecule has 2 aliphatic rings. The van der Waals surface area contributed by atoms with Gasteiger partial charge in [-0.2, -0.15) is 0 Å². The summed E-state index contributed by atoms with van der Waals surface area (Å²) in [5.41, 5.74) is 3.12. The van der Waals surface area contributed by atoms with Gasteiger partial charge in [-0.25, -0.2) is 0 Å². The average molecular weight is 233 g/mol. The zero-order valence-corrected chi connectivity index (χ0v) is 10.6. The van der Waals surface area contributed by atoms with Crippen molar-refractivity contribution in [3.63, 3.8) is 0 Å². The van der Waals surface area contributed by atoms with Crippen LogP contribution < -0.4 is 5.32 Å². The van der Waals surface area contributed by atoms with E-state index in [9.17, 15) is 0 Å². The van der Waals surface area contributed by atoms with Gasteiger partial charge in [0.15, 0.2) is 0 Å². The normalized spacial score (nSPS) is 33.7. The molecule has 1 aliphatic carbocycles. The summed E-state index contributed by atoms with van der Waals surface area (Å²) < 4.78 is 0. The molecule has 86 valence electrons. The minimum atomic E-state index is 0.229. The number of aryl methyl sites for hydroxylation is 1. The molecule has 0 saturated carbocycles. The summed E-state index contributed by atoms with van der Waals surface area (Å²) in [6.07, 6.45) is 5.24. The van der Waals surface area contributed by atoms with Crippen molar-refractivity contribution >= 4 is 11.8 Å². The Bertz CT molecular complexity index is 390. The van der Waals surface area contributed by atoms with Crippen LogP contribution in [0.15, 0.2) is 24.3 Å². The zero-order chi connectivity index (χ0) is 11.0. The van der Waals surface area contributed by atoms with E-state index in [1.165, 1.54) is 31.4 Å². The molecule has 3 rings (SSSR count). The van der Waals surface area contributed by atoms with Gasteiger partial charge in [-0.3, -0.25) is 5.32 Å². The lowest BCUT2D eigenvalue weighted by atomic mass is 9.98. The number of hydrogen-bond donors (Lipinski definition) is 1. The summed E-state index contributed by atoms with van der Waals surface area (Å²) >= 11 is 2.12. The quantitative estimate of drug-likeness (QED) is 0.738. The molecule has 2 heteroatoms. The molecule has 16 heavy (non-hydrogen) atoms. The molecule has 1 aromatic carbocycles. The van der Waals surface area contributed by atoms with E-state index in [0.717, 1.165) is 0 Å². The van der Waals surface area contributed by atoms with Crippen LogP contribution in [0.4, 0.5) is 0 Å². The lowest BCUT2D eigenvalue weighted by molar-refractivity contribution is 0.433. The van der Waals surface area contributed by atoms with Gasteiger partial charge in [0.25, 0.3) is 0 Å². The van der Waals surface area contributed by atoms with Gasteiger partial charge >= 0.3 is 0 Å². The van der Waals surface area contributed by atoms with E-state index in [1.54, 1.807) is 11.1 Å². The highest BCUT2D eigenvalue weighted by molar-refractivity contribution is 8.00. The minimum absolute atomic E-state index is 0.229. The molecule has 1 saturated heterocycles. The van der Waals surface area contributed by atoms with Gasteiger partial charge in [-0.15, -0.1) is 11.8 Å². The molecule has 0 aromatic heterocycles. The Kier molecular flexibility index (Phi) is 2.72. The molecular weight excluding hydrogens is 214 g/mol. The summed E-state index contributed by atoms with van der Waals surface area (Å²) in [4.78, 5) is 0.229. The first kappa shape index (κ1) is 10.7. The van der Waals surface area contributed by atoms with Crippen molar-refractivity contribution in [2.75, 3.05) is 5.75 Å². The first-order chi connectivity index (χ1) is 7.80. The van der Waals surface area contributed by atoms with Crippen LogP contribution in [0.3, 0.4) is 0 Å². The predicted molar refractivity (Wildman–Crippen MR) is 70.7 cm³/mol. The van der Waals surface area contributed by atoms with Crippen LogP contribution in [-0.2, 0) is 11.3 Å². The highest BCUT2D eigenvalue weighted by atomic mass is 32.2. The molecule has 2 unspecified atom stereocenters. The number of thioether (sulfide) groups is 1. The molecule has 1 fully saturated rings. The fourth-order valence-electron chi connectivity index (χ4n) is 3.00. The Morgan fingerprint density at radius 2 is 2.19 bits per heavy atom. The first-order valence-corrected chi connectivity index (χ1v) is 7.29. The second-order valence-electron chi connectivity index (χ2n) is 5.05. The summed E-state index contributed by atoms with van der Waals surface area (Å²) in [6, 6.07) is 9.67. The molecule has 1 spiro atoms. The van der Waals surface area contributed by atoms with Crippen molar-refractivity contribution in [1.29, 1.82) is 0 Å². The maximum Gasteiger partial charge on any atom is 0.0906 e. The zero-order valence-electron chi connectivity index (χ0n) is 9.83. The number of rotatable bonds is 0. The SMILES string of the molecule is CC1CSC2(CCCCc3ccccc32)N1. The van der Waals surface area contributed by atoms with E-state index >= 15 is 0 Å². The van der Waals surface area contributed by atoms with Crippen LogP contribution in [0.2, 0.25) is 0 Å². The maximum absolute atomic E-state index is 3.83. The topological polar surface area (TPSA) is 12.0 Å². The lowest BCUT2D eigenvalue weighted by Gasteiger charge is -2.30. The summed E-state index contributed by atoms with van der Waals surface area (Å²) in [6.45, 7) is 2.30. The molecule has 0 bridgehead atoms. The number of nitrogens with one attached hydrogen (secondary N) is 1. The number of benzene rings is 1. The van der Waals surface area contributed by atoms with Gasteiger partial charge < -0.3 is 0 Å². The fourth-order valence-corrected chi connectivity index (χ4v) is 4.55. The molecule has 1 aromatic rings. The standard InChI is InChI=1S/C14H19NS/c1-11-10-16-14(15-11)9-5-4-7-12-6-2-3-8-13(12)14/h2-3,6,8,11,15H,4-5,7,9-10H2,1H3. The number of hydrogen-bond acceptors (Lipinski definition) is 2. The van der Waals surface area contributed by atoms with E-state index in [2.05, 4.69) is 48.3 Å². The molecule has 1 aliphatic heterocycles. The summed E-state index contributed by atoms with van der Waals surface area (Å²) in [5, 5.41) is 3.83. The van der Waals surface area contributed by atoms with Crippen molar-refractivity contribution in [1.82, 2.24) is 5.32 Å². The van der Waals surface area contributed by atoms with E-state index in [-0.39, 0.29) is 4.87 Å². The van der Waals surface area contributed by atoms with E-state index in [0.29, 0.717) is 6.04 Å². The van der Waals surface area contributed by atoms with Gasteiger partial charge in [0, 0.05) is 11.8 Å². The van der Waals surface area contributed by atoms with E-state index in [1.807, 2.05) is 0 Å². The molecule has 1 heterocycles. The third kappa shape index (κ3) is 1.68. The van der Waals surface area contributed by atoms with Crippen molar-refractivity contribution in [3.05, 3.63) is 35.4 Å². The predicted octanol–water partition coefficient (Wildman–Crippen LogP) is 3.29. The first-order valence-electron chi connectivity index (χ1n) is 6.30. The second-order valence-corrected chi connectivity index (χ2v) is 6.37. The van der Waals surface area contributed by atoms with Gasteiger partial charge in [0.05, 0.1) is 4.87 Å². The smallest absolute Gasteiger partial charge is 0.0906 e. The van der Waals surface area contributed by atoms with Crippen LogP contribution >= 0.6 is 11.8 Å². The Morgan fingerprint density at radius 3 is 3.00 bits per heavy atom. The van der Waals surface area contributed by atoms with E-state index in [4.69, 9.17) is 0 Å². The molecule has 0 radical (unpaired) electrons. The monoisotopic (exact) mass is 233 g/mol. The minimum Gasteiger partial charge on any atom is -0.296 e. The van der Waals surface area contributed by atoms with Gasteiger partial charge in [0.2, 0.25) is 0 Å². The lowest BCUT2D eigenvalue weighted by Crippen LogP contribution is -2.38. The Morgan fingerprint density at radius 1 is 1.31 bits per heavy atom. The van der Waals surface area contributed by atoms with Crippen molar-refractivity contribution < 1.29 is 0 Å². The van der Waals surface area contributed by atoms with Crippen LogP contribution in [0.5, 0.6) is 0 Å². The van der Waals surface area contributed by atoms with Gasteiger partial charge in [-0.05, 0) is 37.3 Å². The van der Waals surface area contributed by atoms with Crippen molar-refractivity contribution in [2.45, 2.75) is 43.5 Å². The van der Waals surface area contributed by atoms with E-state index < -0.39 is 0 Å². The fraction of sp³-hybridized carbons (Fsp3) is 0.571. The number of fused-ring (bicyclic) bond motifs is 2. The third-order valence-electron chi connectivity index (χ3n) is 3.74. The molecule has 1 N–H and O–H groups in total. The second kappa shape index (κ2) is 4.08. The molecule has 1 nitrogen and oxygen atoms in total. The van der Waals surface area contributed by atoms with Gasteiger partial charge in [0.1, 0.15) is 0 Å². The highest BCUT2D eigenvalue weighted by Gasteiger charge is 2.40. The highest BCUT2D eigenvalue weighted by Crippen LogP contribution is 2.46. The average Bonchev–Trinajstić information content (AvgIpc) is 2.58. The van der Waals surface area contributed by atoms with Gasteiger partial charge in [-0.1, -0.05) is 30.7 Å². The molecule has 0 amide bonds. The Labute approximate surface area is 102 Å². The van der Waals surface area contributed by atoms with Crippen molar-refractivity contribution in [2.24, 2.45) is 0 Å². The molecule has 2 atom stereocenters. The van der Waals surface area contributed by atoms with Crippen LogP contribution in [0.25, 0.3) is 0 Å². The van der Waals surface area contributed by atoms with Crippen molar-refractivity contribution in [3.8, 4) is 0 Å². The molecular formula is C14H19NS. The third-order valence-corrected chi connectivity index (χ3v) is 5.44. The van der Waals surface area contributed by atoms with Crippen LogP contribution in [0.1, 0.15) is 37.3 Å². The Balaban J connectivity index is 2.06. The van der Waals surface area contributed by atoms with Crippen LogP contribution in [-0.4, -0.2) is 11.8 Å². The van der Waals surface area contributed by atoms with Crippen LogP contribution in [0, 0.1) is 0 Å². The largest absolute Gasteiger partial charge is 0.296 e. The Hall–Kier alpha value is -0.470. The summed E-state index contributed by atoms with van der Waals surface area (Å²) in [5.74, 6) is 1.24. The maximum atomic E-state index is 3.83.